The largest absolute Gasteiger partial charge is 0.492 e. The highest BCUT2D eigenvalue weighted by Gasteiger charge is 2.44. The fourth-order valence-electron chi connectivity index (χ4n) is 2.44. The van der Waals surface area contributed by atoms with Gasteiger partial charge < -0.3 is 4.74 Å². The summed E-state index contributed by atoms with van der Waals surface area (Å²) < 4.78 is 5.47. The van der Waals surface area contributed by atoms with Crippen molar-refractivity contribution in [2.24, 2.45) is 0 Å². The van der Waals surface area contributed by atoms with Crippen LogP contribution in [-0.4, -0.2) is 40.8 Å². The fourth-order valence-corrected chi connectivity index (χ4v) is 2.56. The molecule has 0 spiro atoms. The van der Waals surface area contributed by atoms with Crippen molar-refractivity contribution < 1.29 is 19.1 Å². The summed E-state index contributed by atoms with van der Waals surface area (Å²) in [6, 6.07) is 15.1. The summed E-state index contributed by atoms with van der Waals surface area (Å²) in [5.41, 5.74) is 0.774. The number of amides is 4. The van der Waals surface area contributed by atoms with Crippen molar-refractivity contribution in [3.05, 3.63) is 65.2 Å². The third kappa shape index (κ3) is 3.80. The number of carbonyl (C=O) groups is 3. The van der Waals surface area contributed by atoms with Gasteiger partial charge in [0.15, 0.2) is 0 Å². The summed E-state index contributed by atoms with van der Waals surface area (Å²) in [6.45, 7) is 0.154. The van der Waals surface area contributed by atoms with Gasteiger partial charge in [-0.3, -0.25) is 19.4 Å². The van der Waals surface area contributed by atoms with Crippen molar-refractivity contribution in [2.75, 3.05) is 13.2 Å². The van der Waals surface area contributed by atoms with Crippen LogP contribution in [-0.2, 0) is 16.1 Å². The third-order valence-corrected chi connectivity index (χ3v) is 3.97. The van der Waals surface area contributed by atoms with E-state index in [4.69, 9.17) is 16.3 Å². The van der Waals surface area contributed by atoms with Crippen LogP contribution in [0.3, 0.4) is 0 Å². The minimum Gasteiger partial charge on any atom is -0.492 e. The molecule has 1 aliphatic rings. The molecule has 3 rings (SSSR count). The smallest absolute Gasteiger partial charge is 0.334 e. The standard InChI is InChI=1S/C18H15ClN2O4/c19-14-6-8-15(9-7-14)25-11-10-20-16(22)17(23)21(18(20)24)12-13-4-2-1-3-5-13/h1-9H,10-12H2. The molecule has 1 fully saturated rings. The van der Waals surface area contributed by atoms with Crippen LogP contribution in [0.15, 0.2) is 54.6 Å². The number of benzene rings is 2. The van der Waals surface area contributed by atoms with Crippen LogP contribution in [0.2, 0.25) is 5.02 Å². The van der Waals surface area contributed by atoms with Gasteiger partial charge in [0.05, 0.1) is 13.1 Å². The number of urea groups is 1. The molecule has 1 saturated heterocycles. The van der Waals surface area contributed by atoms with Gasteiger partial charge in [-0.2, -0.15) is 0 Å². The van der Waals surface area contributed by atoms with Crippen LogP contribution in [0.25, 0.3) is 0 Å². The van der Waals surface area contributed by atoms with Crippen molar-refractivity contribution in [1.82, 2.24) is 9.80 Å². The number of nitrogens with zero attached hydrogens (tertiary/aromatic N) is 2. The van der Waals surface area contributed by atoms with Gasteiger partial charge in [0.25, 0.3) is 0 Å². The van der Waals surface area contributed by atoms with Gasteiger partial charge in [0.1, 0.15) is 12.4 Å². The first kappa shape index (κ1) is 17.0. The lowest BCUT2D eigenvalue weighted by atomic mass is 10.2. The van der Waals surface area contributed by atoms with Crippen LogP contribution in [0, 0.1) is 0 Å². The summed E-state index contributed by atoms with van der Waals surface area (Å²) in [5.74, 6) is -1.09. The topological polar surface area (TPSA) is 66.9 Å². The molecule has 2 aromatic rings. The Morgan fingerprint density at radius 2 is 1.48 bits per heavy atom. The number of hydrogen-bond donors (Lipinski definition) is 0. The van der Waals surface area contributed by atoms with E-state index in [1.54, 1.807) is 48.5 Å². The highest BCUT2D eigenvalue weighted by molar-refractivity contribution is 6.44. The van der Waals surface area contributed by atoms with Crippen LogP contribution < -0.4 is 4.74 Å². The molecule has 7 heteroatoms. The average Bonchev–Trinajstić information content (AvgIpc) is 2.82. The van der Waals surface area contributed by atoms with Gasteiger partial charge in [-0.05, 0) is 29.8 Å². The maximum atomic E-state index is 12.4. The Morgan fingerprint density at radius 3 is 2.16 bits per heavy atom. The summed E-state index contributed by atoms with van der Waals surface area (Å²) in [7, 11) is 0. The molecule has 6 nitrogen and oxygen atoms in total. The van der Waals surface area contributed by atoms with E-state index in [9.17, 15) is 14.4 Å². The summed E-state index contributed by atoms with van der Waals surface area (Å²) >= 11 is 5.79. The molecule has 0 aliphatic carbocycles. The molecule has 0 atom stereocenters. The molecule has 0 N–H and O–H groups in total. The molecule has 128 valence electrons. The minimum absolute atomic E-state index is 0.00266. The first-order chi connectivity index (χ1) is 12.1. The summed E-state index contributed by atoms with van der Waals surface area (Å²) in [6.07, 6.45) is 0. The monoisotopic (exact) mass is 358 g/mol. The molecule has 25 heavy (non-hydrogen) atoms. The van der Waals surface area contributed by atoms with Crippen LogP contribution in [0.4, 0.5) is 4.79 Å². The van der Waals surface area contributed by atoms with Crippen molar-refractivity contribution in [1.29, 1.82) is 0 Å². The number of rotatable bonds is 6. The second kappa shape index (κ2) is 7.36. The van der Waals surface area contributed by atoms with Crippen molar-refractivity contribution >= 4 is 29.4 Å². The highest BCUT2D eigenvalue weighted by atomic mass is 35.5. The van der Waals surface area contributed by atoms with Crippen LogP contribution >= 0.6 is 11.6 Å². The number of imide groups is 2. The minimum atomic E-state index is -0.833. The molecular formula is C18H15ClN2O4. The molecule has 1 heterocycles. The lowest BCUT2D eigenvalue weighted by molar-refractivity contribution is -0.143. The summed E-state index contributed by atoms with van der Waals surface area (Å²) in [5, 5.41) is 0.583. The Hall–Kier alpha value is -2.86. The molecule has 0 aromatic heterocycles. The Morgan fingerprint density at radius 1 is 0.840 bits per heavy atom. The number of halogens is 1. The van der Waals surface area contributed by atoms with Crippen molar-refractivity contribution in [2.45, 2.75) is 6.54 Å². The normalized spacial score (nSPS) is 14.4. The second-order valence-corrected chi connectivity index (χ2v) is 5.86. The van der Waals surface area contributed by atoms with E-state index < -0.39 is 17.8 Å². The van der Waals surface area contributed by atoms with E-state index in [1.165, 1.54) is 0 Å². The number of carbonyl (C=O) groups excluding carboxylic acids is 3. The lowest BCUT2D eigenvalue weighted by Crippen LogP contribution is -2.35. The Kier molecular flexibility index (Phi) is 5.00. The first-order valence-electron chi connectivity index (χ1n) is 7.66. The van der Waals surface area contributed by atoms with Crippen molar-refractivity contribution in [3.63, 3.8) is 0 Å². The van der Waals surface area contributed by atoms with Gasteiger partial charge in [0.2, 0.25) is 0 Å². The van der Waals surface area contributed by atoms with Gasteiger partial charge in [-0.25, -0.2) is 4.79 Å². The van der Waals surface area contributed by atoms with Crippen molar-refractivity contribution in [3.8, 4) is 5.75 Å². The molecule has 2 aromatic carbocycles. The van der Waals surface area contributed by atoms with Gasteiger partial charge in [-0.1, -0.05) is 41.9 Å². The first-order valence-corrected chi connectivity index (χ1v) is 8.03. The van der Waals surface area contributed by atoms with E-state index in [2.05, 4.69) is 0 Å². The molecule has 0 radical (unpaired) electrons. The molecule has 0 unspecified atom stereocenters. The zero-order chi connectivity index (χ0) is 17.8. The quantitative estimate of drug-likeness (QED) is 0.588. The summed E-state index contributed by atoms with van der Waals surface area (Å²) in [4.78, 5) is 38.3. The maximum absolute atomic E-state index is 12.4. The Bertz CT molecular complexity index is 792. The van der Waals surface area contributed by atoms with E-state index in [0.29, 0.717) is 10.8 Å². The molecular weight excluding hydrogens is 344 g/mol. The van der Waals surface area contributed by atoms with Gasteiger partial charge >= 0.3 is 17.8 Å². The van der Waals surface area contributed by atoms with E-state index in [1.807, 2.05) is 6.07 Å². The lowest BCUT2D eigenvalue weighted by Gasteiger charge is -2.16. The van der Waals surface area contributed by atoms with E-state index in [0.717, 1.165) is 15.4 Å². The average molecular weight is 359 g/mol. The van der Waals surface area contributed by atoms with Gasteiger partial charge in [0, 0.05) is 5.02 Å². The van der Waals surface area contributed by atoms with Crippen LogP contribution in [0.1, 0.15) is 5.56 Å². The molecule has 0 saturated carbocycles. The highest BCUT2D eigenvalue weighted by Crippen LogP contribution is 2.17. The number of hydrogen-bond acceptors (Lipinski definition) is 4. The SMILES string of the molecule is O=C1C(=O)N(Cc2ccccc2)C(=O)N1CCOc1ccc(Cl)cc1. The number of ether oxygens (including phenoxy) is 1. The third-order valence-electron chi connectivity index (χ3n) is 3.72. The predicted molar refractivity (Wildman–Crippen MR) is 91.0 cm³/mol. The fraction of sp³-hybridized carbons (Fsp3) is 0.167. The molecule has 0 bridgehead atoms. The van der Waals surface area contributed by atoms with Crippen LogP contribution in [0.5, 0.6) is 5.75 Å². The van der Waals surface area contributed by atoms with E-state index >= 15 is 0 Å². The molecule has 4 amide bonds. The van der Waals surface area contributed by atoms with Gasteiger partial charge in [-0.15, -0.1) is 0 Å². The Labute approximate surface area is 149 Å². The zero-order valence-corrected chi connectivity index (χ0v) is 14.0. The van der Waals surface area contributed by atoms with E-state index in [-0.39, 0.29) is 19.7 Å². The zero-order valence-electron chi connectivity index (χ0n) is 13.2. The molecule has 1 aliphatic heterocycles. The Balaban J connectivity index is 1.60. The second-order valence-electron chi connectivity index (χ2n) is 5.42. The predicted octanol–water partition coefficient (Wildman–Crippen LogP) is 2.71. The maximum Gasteiger partial charge on any atom is 0.334 e.